The summed E-state index contributed by atoms with van der Waals surface area (Å²) in [6.07, 6.45) is 4.40. The molecule has 0 amide bonds. The first-order valence-electron chi connectivity index (χ1n) is 5.33. The molecule has 0 aliphatic rings. The van der Waals surface area contributed by atoms with Crippen molar-refractivity contribution >= 4 is 0 Å². The summed E-state index contributed by atoms with van der Waals surface area (Å²) in [4.78, 5) is 0. The number of aryl methyl sites for hydroxylation is 2. The minimum Gasteiger partial charge on any atom is -0.390 e. The quantitative estimate of drug-likeness (QED) is 0.712. The monoisotopic (exact) mass is 212 g/mol. The summed E-state index contributed by atoms with van der Waals surface area (Å²) >= 11 is 0. The highest BCUT2D eigenvalue weighted by molar-refractivity contribution is 4.92. The Labute approximate surface area is 90.3 Å². The first-order chi connectivity index (χ1) is 7.01. The molecule has 0 aliphatic carbocycles. The molecule has 0 unspecified atom stereocenters. The SMILES string of the molecule is CC(C)(O)CCn1cc(CCCN)nn1. The Morgan fingerprint density at radius 1 is 1.53 bits per heavy atom. The van der Waals surface area contributed by atoms with Crippen molar-refractivity contribution < 1.29 is 5.11 Å². The molecule has 1 aromatic heterocycles. The van der Waals surface area contributed by atoms with Crippen molar-refractivity contribution in [2.24, 2.45) is 5.73 Å². The first-order valence-corrected chi connectivity index (χ1v) is 5.33. The Balaban J connectivity index is 2.39. The Morgan fingerprint density at radius 3 is 2.87 bits per heavy atom. The van der Waals surface area contributed by atoms with Gasteiger partial charge in [-0.15, -0.1) is 5.10 Å². The van der Waals surface area contributed by atoms with Gasteiger partial charge in [0.2, 0.25) is 0 Å². The molecule has 1 heterocycles. The molecular weight excluding hydrogens is 192 g/mol. The van der Waals surface area contributed by atoms with E-state index in [0.717, 1.165) is 18.5 Å². The molecule has 5 heteroatoms. The van der Waals surface area contributed by atoms with Gasteiger partial charge in [-0.2, -0.15) is 0 Å². The summed E-state index contributed by atoms with van der Waals surface area (Å²) in [7, 11) is 0. The van der Waals surface area contributed by atoms with Crippen LogP contribution in [0, 0.1) is 0 Å². The molecule has 0 fully saturated rings. The van der Waals surface area contributed by atoms with Crippen molar-refractivity contribution in [2.45, 2.75) is 45.3 Å². The maximum absolute atomic E-state index is 9.55. The van der Waals surface area contributed by atoms with E-state index in [9.17, 15) is 5.11 Å². The molecule has 0 aromatic carbocycles. The summed E-state index contributed by atoms with van der Waals surface area (Å²) < 4.78 is 1.77. The molecule has 0 spiro atoms. The van der Waals surface area contributed by atoms with Crippen LogP contribution in [-0.4, -0.2) is 32.2 Å². The largest absolute Gasteiger partial charge is 0.390 e. The maximum Gasteiger partial charge on any atom is 0.0827 e. The van der Waals surface area contributed by atoms with Crippen LogP contribution >= 0.6 is 0 Å². The van der Waals surface area contributed by atoms with Crippen LogP contribution in [0.25, 0.3) is 0 Å². The summed E-state index contributed by atoms with van der Waals surface area (Å²) in [5, 5.41) is 17.6. The summed E-state index contributed by atoms with van der Waals surface area (Å²) in [6.45, 7) is 4.95. The molecule has 1 rings (SSSR count). The summed E-state index contributed by atoms with van der Waals surface area (Å²) in [5.74, 6) is 0. The van der Waals surface area contributed by atoms with Crippen LogP contribution in [0.4, 0.5) is 0 Å². The second-order valence-electron chi connectivity index (χ2n) is 4.43. The fourth-order valence-corrected chi connectivity index (χ4v) is 1.23. The van der Waals surface area contributed by atoms with Crippen molar-refractivity contribution in [3.63, 3.8) is 0 Å². The highest BCUT2D eigenvalue weighted by Crippen LogP contribution is 2.08. The number of nitrogens with two attached hydrogens (primary N) is 1. The number of hydrogen-bond donors (Lipinski definition) is 2. The van der Waals surface area contributed by atoms with Gasteiger partial charge in [-0.05, 0) is 39.7 Å². The molecule has 0 aliphatic heterocycles. The van der Waals surface area contributed by atoms with Gasteiger partial charge in [0.15, 0.2) is 0 Å². The van der Waals surface area contributed by atoms with E-state index < -0.39 is 5.60 Å². The lowest BCUT2D eigenvalue weighted by Gasteiger charge is -2.15. The van der Waals surface area contributed by atoms with Gasteiger partial charge in [-0.1, -0.05) is 5.21 Å². The van der Waals surface area contributed by atoms with Crippen LogP contribution < -0.4 is 5.73 Å². The number of aliphatic hydroxyl groups is 1. The standard InChI is InChI=1S/C10H20N4O/c1-10(2,15)5-7-14-8-9(12-13-14)4-3-6-11/h8,15H,3-7,11H2,1-2H3. The van der Waals surface area contributed by atoms with Crippen LogP contribution in [0.2, 0.25) is 0 Å². The van der Waals surface area contributed by atoms with Gasteiger partial charge >= 0.3 is 0 Å². The lowest BCUT2D eigenvalue weighted by Crippen LogP contribution is -2.21. The van der Waals surface area contributed by atoms with Crippen molar-refractivity contribution in [3.05, 3.63) is 11.9 Å². The molecule has 0 bridgehead atoms. The Bertz CT molecular complexity index is 290. The third-order valence-electron chi connectivity index (χ3n) is 2.18. The number of rotatable bonds is 6. The molecule has 0 atom stereocenters. The van der Waals surface area contributed by atoms with Gasteiger partial charge in [0.05, 0.1) is 11.3 Å². The van der Waals surface area contributed by atoms with E-state index in [0.29, 0.717) is 19.5 Å². The molecule has 86 valence electrons. The predicted molar refractivity (Wildman–Crippen MR) is 58.3 cm³/mol. The van der Waals surface area contributed by atoms with Gasteiger partial charge in [0.1, 0.15) is 0 Å². The van der Waals surface area contributed by atoms with Gasteiger partial charge in [-0.25, -0.2) is 0 Å². The van der Waals surface area contributed by atoms with Crippen LogP contribution in [0.15, 0.2) is 6.20 Å². The lowest BCUT2D eigenvalue weighted by atomic mass is 10.1. The van der Waals surface area contributed by atoms with Gasteiger partial charge in [0.25, 0.3) is 0 Å². The Hall–Kier alpha value is -0.940. The molecule has 3 N–H and O–H groups in total. The molecule has 5 nitrogen and oxygen atoms in total. The minimum atomic E-state index is -0.649. The average molecular weight is 212 g/mol. The van der Waals surface area contributed by atoms with Gasteiger partial charge in [-0.3, -0.25) is 4.68 Å². The third kappa shape index (κ3) is 4.90. The molecular formula is C10H20N4O. The smallest absolute Gasteiger partial charge is 0.0827 e. The van der Waals surface area contributed by atoms with Crippen molar-refractivity contribution in [1.82, 2.24) is 15.0 Å². The van der Waals surface area contributed by atoms with Gasteiger partial charge < -0.3 is 10.8 Å². The molecule has 0 radical (unpaired) electrons. The minimum absolute atomic E-state index is 0.649. The number of nitrogens with zero attached hydrogens (tertiary/aromatic N) is 3. The zero-order chi connectivity index (χ0) is 11.3. The van der Waals surface area contributed by atoms with Crippen molar-refractivity contribution in [2.75, 3.05) is 6.54 Å². The van der Waals surface area contributed by atoms with E-state index in [1.165, 1.54) is 0 Å². The topological polar surface area (TPSA) is 77.0 Å². The zero-order valence-electron chi connectivity index (χ0n) is 9.48. The summed E-state index contributed by atoms with van der Waals surface area (Å²) in [5.41, 5.74) is 5.73. The zero-order valence-corrected chi connectivity index (χ0v) is 9.48. The van der Waals surface area contributed by atoms with Crippen LogP contribution in [0.5, 0.6) is 0 Å². The molecule has 0 saturated heterocycles. The fraction of sp³-hybridized carbons (Fsp3) is 0.800. The predicted octanol–water partition coefficient (Wildman–Crippen LogP) is 0.330. The van der Waals surface area contributed by atoms with E-state index in [2.05, 4.69) is 10.3 Å². The average Bonchev–Trinajstić information content (AvgIpc) is 2.58. The van der Waals surface area contributed by atoms with Crippen LogP contribution in [-0.2, 0) is 13.0 Å². The normalized spacial score (nSPS) is 12.0. The van der Waals surface area contributed by atoms with Crippen LogP contribution in [0.1, 0.15) is 32.4 Å². The molecule has 15 heavy (non-hydrogen) atoms. The van der Waals surface area contributed by atoms with Crippen molar-refractivity contribution in [1.29, 1.82) is 0 Å². The maximum atomic E-state index is 9.55. The number of aromatic nitrogens is 3. The number of hydrogen-bond acceptors (Lipinski definition) is 4. The van der Waals surface area contributed by atoms with E-state index >= 15 is 0 Å². The van der Waals surface area contributed by atoms with E-state index in [1.54, 1.807) is 18.5 Å². The highest BCUT2D eigenvalue weighted by atomic mass is 16.3. The second kappa shape index (κ2) is 5.23. The fourth-order valence-electron chi connectivity index (χ4n) is 1.23. The summed E-state index contributed by atoms with van der Waals surface area (Å²) in [6, 6.07) is 0. The Kier molecular flexibility index (Phi) is 4.23. The van der Waals surface area contributed by atoms with Gasteiger partial charge in [0, 0.05) is 12.7 Å². The lowest BCUT2D eigenvalue weighted by molar-refractivity contribution is 0.0649. The molecule has 1 aromatic rings. The Morgan fingerprint density at radius 2 is 2.27 bits per heavy atom. The van der Waals surface area contributed by atoms with Crippen LogP contribution in [0.3, 0.4) is 0 Å². The third-order valence-corrected chi connectivity index (χ3v) is 2.18. The highest BCUT2D eigenvalue weighted by Gasteiger charge is 2.12. The second-order valence-corrected chi connectivity index (χ2v) is 4.43. The van der Waals surface area contributed by atoms with Crippen molar-refractivity contribution in [3.8, 4) is 0 Å². The van der Waals surface area contributed by atoms with E-state index in [1.807, 2.05) is 6.20 Å². The van der Waals surface area contributed by atoms with E-state index in [4.69, 9.17) is 5.73 Å². The van der Waals surface area contributed by atoms with E-state index in [-0.39, 0.29) is 0 Å². The first kappa shape index (κ1) is 12.1. The molecule has 0 saturated carbocycles.